The molecule has 1 N–H and O–H groups in total. The number of aromatic nitrogens is 2. The Bertz CT molecular complexity index is 956. The first-order valence-electron chi connectivity index (χ1n) is 8.90. The lowest BCUT2D eigenvalue weighted by Gasteiger charge is -2.16. The second kappa shape index (κ2) is 8.91. The third-order valence-electron chi connectivity index (χ3n) is 4.32. The molecule has 0 bridgehead atoms. The second-order valence-electron chi connectivity index (χ2n) is 6.55. The number of carbonyl (C=O) groups excluding carboxylic acids is 1. The third-order valence-corrected chi connectivity index (χ3v) is 4.71. The lowest BCUT2D eigenvalue weighted by molar-refractivity contribution is -0.117. The van der Waals surface area contributed by atoms with Gasteiger partial charge < -0.3 is 10.1 Å². The summed E-state index contributed by atoms with van der Waals surface area (Å²) < 4.78 is 6.89. The largest absolute Gasteiger partial charge is 0.497 e. The van der Waals surface area contributed by atoms with Gasteiger partial charge in [0.05, 0.1) is 25.0 Å². The fraction of sp³-hybridized carbons (Fsp3) is 0.238. The molecule has 1 aromatic heterocycles. The van der Waals surface area contributed by atoms with Crippen LogP contribution >= 0.6 is 11.6 Å². The fourth-order valence-corrected chi connectivity index (χ4v) is 3.26. The zero-order valence-electron chi connectivity index (χ0n) is 16.1. The fourth-order valence-electron chi connectivity index (χ4n) is 2.92. The van der Waals surface area contributed by atoms with Crippen LogP contribution in [-0.4, -0.2) is 41.3 Å². The van der Waals surface area contributed by atoms with E-state index in [1.807, 2.05) is 67.4 Å². The van der Waals surface area contributed by atoms with Crippen LogP contribution in [0.4, 0.5) is 5.69 Å². The molecule has 3 rings (SSSR count). The number of amides is 1. The van der Waals surface area contributed by atoms with E-state index in [1.54, 1.807) is 17.9 Å². The van der Waals surface area contributed by atoms with Crippen LogP contribution < -0.4 is 10.1 Å². The van der Waals surface area contributed by atoms with Crippen molar-refractivity contribution in [2.45, 2.75) is 13.5 Å². The topological polar surface area (TPSA) is 59.4 Å². The van der Waals surface area contributed by atoms with Gasteiger partial charge in [0.2, 0.25) is 5.91 Å². The summed E-state index contributed by atoms with van der Waals surface area (Å²) >= 11 is 6.57. The number of hydrogen-bond donors (Lipinski definition) is 1. The first kappa shape index (κ1) is 19.9. The molecule has 28 heavy (non-hydrogen) atoms. The summed E-state index contributed by atoms with van der Waals surface area (Å²) in [5, 5.41) is 7.98. The zero-order chi connectivity index (χ0) is 20.1. The minimum atomic E-state index is -0.111. The number of rotatable bonds is 7. The van der Waals surface area contributed by atoms with Gasteiger partial charge in [-0.15, -0.1) is 0 Å². The first-order valence-corrected chi connectivity index (χ1v) is 9.27. The lowest BCUT2D eigenvalue weighted by atomic mass is 10.2. The van der Waals surface area contributed by atoms with Crippen LogP contribution in [0.25, 0.3) is 5.69 Å². The Kier molecular flexibility index (Phi) is 6.34. The summed E-state index contributed by atoms with van der Waals surface area (Å²) in [6, 6.07) is 17.0. The molecule has 0 aliphatic carbocycles. The number of anilines is 1. The SMILES string of the molecule is COc1cccc(NC(=O)CN(C)Cc2c(C)nn(-c3ccccc3)c2Cl)c1. The highest BCUT2D eigenvalue weighted by Gasteiger charge is 2.17. The maximum Gasteiger partial charge on any atom is 0.238 e. The highest BCUT2D eigenvalue weighted by molar-refractivity contribution is 6.30. The molecule has 2 aromatic carbocycles. The second-order valence-corrected chi connectivity index (χ2v) is 6.91. The Balaban J connectivity index is 1.65. The molecule has 7 heteroatoms. The van der Waals surface area contributed by atoms with Crippen molar-refractivity contribution in [3.05, 3.63) is 71.0 Å². The lowest BCUT2D eigenvalue weighted by Crippen LogP contribution is -2.30. The molecule has 0 fully saturated rings. The van der Waals surface area contributed by atoms with E-state index in [4.69, 9.17) is 16.3 Å². The van der Waals surface area contributed by atoms with E-state index < -0.39 is 0 Å². The number of likely N-dealkylation sites (N-methyl/N-ethyl adjacent to an activating group) is 1. The number of halogens is 1. The first-order chi connectivity index (χ1) is 13.5. The molecule has 0 saturated carbocycles. The van der Waals surface area contributed by atoms with Crippen LogP contribution in [0.5, 0.6) is 5.75 Å². The van der Waals surface area contributed by atoms with Gasteiger partial charge in [0.15, 0.2) is 0 Å². The number of nitrogens with zero attached hydrogens (tertiary/aromatic N) is 3. The van der Waals surface area contributed by atoms with Crippen molar-refractivity contribution >= 4 is 23.2 Å². The van der Waals surface area contributed by atoms with Crippen LogP contribution in [-0.2, 0) is 11.3 Å². The van der Waals surface area contributed by atoms with Crippen molar-refractivity contribution in [1.82, 2.24) is 14.7 Å². The van der Waals surface area contributed by atoms with Crippen LogP contribution in [0.15, 0.2) is 54.6 Å². The van der Waals surface area contributed by atoms with Crippen LogP contribution in [0.3, 0.4) is 0 Å². The highest BCUT2D eigenvalue weighted by atomic mass is 35.5. The smallest absolute Gasteiger partial charge is 0.238 e. The van der Waals surface area contributed by atoms with Gasteiger partial charge in [-0.05, 0) is 38.2 Å². The highest BCUT2D eigenvalue weighted by Crippen LogP contribution is 2.24. The standard InChI is InChI=1S/C21H23ClN4O2/c1-15-19(21(22)26(24-15)17-9-5-4-6-10-17)13-25(2)14-20(27)23-16-8-7-11-18(12-16)28-3/h4-12H,13-14H2,1-3H3,(H,23,27). The van der Waals surface area contributed by atoms with E-state index >= 15 is 0 Å². The average Bonchev–Trinajstić information content (AvgIpc) is 2.97. The number of methoxy groups -OCH3 is 1. The number of benzene rings is 2. The summed E-state index contributed by atoms with van der Waals surface area (Å²) in [6.07, 6.45) is 0. The minimum absolute atomic E-state index is 0.111. The monoisotopic (exact) mass is 398 g/mol. The van der Waals surface area contributed by atoms with E-state index in [9.17, 15) is 4.79 Å². The van der Waals surface area contributed by atoms with Crippen LogP contribution in [0.2, 0.25) is 5.15 Å². The molecule has 0 unspecified atom stereocenters. The molecule has 0 aliphatic heterocycles. The average molecular weight is 399 g/mol. The quantitative estimate of drug-likeness (QED) is 0.655. The number of para-hydroxylation sites is 1. The van der Waals surface area contributed by atoms with Crippen molar-refractivity contribution in [3.8, 4) is 11.4 Å². The van der Waals surface area contributed by atoms with Gasteiger partial charge in [0.25, 0.3) is 0 Å². The van der Waals surface area contributed by atoms with Crippen molar-refractivity contribution in [2.75, 3.05) is 26.0 Å². The van der Waals surface area contributed by atoms with Crippen molar-refractivity contribution < 1.29 is 9.53 Å². The number of carbonyl (C=O) groups is 1. The molecule has 0 radical (unpaired) electrons. The Labute approximate surface area is 169 Å². The molecular weight excluding hydrogens is 376 g/mol. The van der Waals surface area contributed by atoms with Gasteiger partial charge in [0, 0.05) is 23.9 Å². The van der Waals surface area contributed by atoms with Crippen LogP contribution in [0, 0.1) is 6.92 Å². The molecule has 0 spiro atoms. The van der Waals surface area contributed by atoms with E-state index in [0.29, 0.717) is 23.1 Å². The summed E-state index contributed by atoms with van der Waals surface area (Å²) in [5.41, 5.74) is 3.35. The molecule has 6 nitrogen and oxygen atoms in total. The summed E-state index contributed by atoms with van der Waals surface area (Å²) in [4.78, 5) is 14.3. The predicted molar refractivity (Wildman–Crippen MR) is 111 cm³/mol. The maximum absolute atomic E-state index is 12.4. The summed E-state index contributed by atoms with van der Waals surface area (Å²) in [5.74, 6) is 0.585. The van der Waals surface area contributed by atoms with Gasteiger partial charge in [-0.1, -0.05) is 35.9 Å². The van der Waals surface area contributed by atoms with Gasteiger partial charge in [0.1, 0.15) is 10.9 Å². The Morgan fingerprint density at radius 3 is 2.68 bits per heavy atom. The maximum atomic E-state index is 12.4. The van der Waals surface area contributed by atoms with Gasteiger partial charge in [-0.25, -0.2) is 4.68 Å². The van der Waals surface area contributed by atoms with E-state index in [0.717, 1.165) is 16.9 Å². The molecule has 1 amide bonds. The van der Waals surface area contributed by atoms with Crippen molar-refractivity contribution in [3.63, 3.8) is 0 Å². The Hall–Kier alpha value is -2.83. The molecule has 0 atom stereocenters. The van der Waals surface area contributed by atoms with Gasteiger partial charge >= 0.3 is 0 Å². The minimum Gasteiger partial charge on any atom is -0.497 e. The van der Waals surface area contributed by atoms with Gasteiger partial charge in [-0.3, -0.25) is 9.69 Å². The van der Waals surface area contributed by atoms with E-state index in [-0.39, 0.29) is 12.5 Å². The molecule has 1 heterocycles. The summed E-state index contributed by atoms with van der Waals surface area (Å²) in [7, 11) is 3.47. The normalized spacial score (nSPS) is 10.9. The Morgan fingerprint density at radius 2 is 1.96 bits per heavy atom. The summed E-state index contributed by atoms with van der Waals surface area (Å²) in [6.45, 7) is 2.66. The molecule has 0 aliphatic rings. The molecule has 146 valence electrons. The molecular formula is C21H23ClN4O2. The number of nitrogens with one attached hydrogen (secondary N) is 1. The molecule has 3 aromatic rings. The van der Waals surface area contributed by atoms with E-state index in [1.165, 1.54) is 0 Å². The Morgan fingerprint density at radius 1 is 1.21 bits per heavy atom. The van der Waals surface area contributed by atoms with Crippen molar-refractivity contribution in [1.29, 1.82) is 0 Å². The predicted octanol–water partition coefficient (Wildman–Crippen LogP) is 3.91. The van der Waals surface area contributed by atoms with E-state index in [2.05, 4.69) is 10.4 Å². The van der Waals surface area contributed by atoms with Gasteiger partial charge in [-0.2, -0.15) is 5.10 Å². The van der Waals surface area contributed by atoms with Crippen LogP contribution in [0.1, 0.15) is 11.3 Å². The number of aryl methyl sites for hydroxylation is 1. The number of ether oxygens (including phenoxy) is 1. The van der Waals surface area contributed by atoms with Crippen molar-refractivity contribution in [2.24, 2.45) is 0 Å². The molecule has 0 saturated heterocycles. The third kappa shape index (κ3) is 4.71. The zero-order valence-corrected chi connectivity index (χ0v) is 16.9. The number of hydrogen-bond acceptors (Lipinski definition) is 4.